The van der Waals surface area contributed by atoms with Gasteiger partial charge in [0.15, 0.2) is 0 Å². The Hall–Kier alpha value is -0.770. The van der Waals surface area contributed by atoms with Gasteiger partial charge in [-0.25, -0.2) is 4.79 Å². The molecule has 0 bridgehead atoms. The van der Waals surface area contributed by atoms with Crippen molar-refractivity contribution < 1.29 is 9.53 Å². The zero-order valence-corrected chi connectivity index (χ0v) is 10.5. The van der Waals surface area contributed by atoms with Crippen molar-refractivity contribution in [1.82, 2.24) is 10.2 Å². The summed E-state index contributed by atoms with van der Waals surface area (Å²) in [7, 11) is 0. The number of nitrogens with zero attached hydrogens (tertiary/aromatic N) is 1. The molecule has 1 amide bonds. The van der Waals surface area contributed by atoms with Gasteiger partial charge in [0, 0.05) is 19.1 Å². The Morgan fingerprint density at radius 3 is 2.75 bits per heavy atom. The third kappa shape index (κ3) is 2.67. The average molecular weight is 226 g/mol. The highest BCUT2D eigenvalue weighted by molar-refractivity contribution is 5.67. The highest BCUT2D eigenvalue weighted by Gasteiger charge is 2.37. The van der Waals surface area contributed by atoms with Gasteiger partial charge in [-0.15, -0.1) is 0 Å². The van der Waals surface area contributed by atoms with Gasteiger partial charge < -0.3 is 15.0 Å². The molecule has 2 atom stereocenters. The lowest BCUT2D eigenvalue weighted by Gasteiger charge is -2.45. The lowest BCUT2D eigenvalue weighted by Crippen LogP contribution is -2.62. The number of hydrogen-bond donors (Lipinski definition) is 1. The van der Waals surface area contributed by atoms with E-state index in [2.05, 4.69) is 26.1 Å². The first-order valence-corrected chi connectivity index (χ1v) is 6.11. The van der Waals surface area contributed by atoms with Crippen LogP contribution in [0.4, 0.5) is 4.79 Å². The molecule has 2 aliphatic heterocycles. The molecule has 2 aliphatic rings. The molecule has 2 fully saturated rings. The summed E-state index contributed by atoms with van der Waals surface area (Å²) in [6.45, 7) is 9.48. The summed E-state index contributed by atoms with van der Waals surface area (Å²) < 4.78 is 5.31. The van der Waals surface area contributed by atoms with Gasteiger partial charge in [-0.3, -0.25) is 0 Å². The summed E-state index contributed by atoms with van der Waals surface area (Å²) in [6.07, 6.45) is 0.963. The Kier molecular flexibility index (Phi) is 3.10. The molecule has 0 aromatic rings. The lowest BCUT2D eigenvalue weighted by atomic mass is 9.85. The zero-order chi connectivity index (χ0) is 11.8. The zero-order valence-electron chi connectivity index (χ0n) is 10.5. The maximum absolute atomic E-state index is 11.8. The van der Waals surface area contributed by atoms with E-state index in [1.54, 1.807) is 0 Å². The molecule has 0 radical (unpaired) electrons. The minimum Gasteiger partial charge on any atom is -0.449 e. The van der Waals surface area contributed by atoms with Crippen LogP contribution in [-0.4, -0.2) is 43.3 Å². The van der Waals surface area contributed by atoms with Gasteiger partial charge in [0.25, 0.3) is 0 Å². The van der Waals surface area contributed by atoms with Crippen molar-refractivity contribution in [1.29, 1.82) is 0 Å². The van der Waals surface area contributed by atoms with Crippen LogP contribution in [-0.2, 0) is 4.74 Å². The molecule has 4 heteroatoms. The third-order valence-electron chi connectivity index (χ3n) is 3.29. The van der Waals surface area contributed by atoms with Crippen LogP contribution in [0.25, 0.3) is 0 Å². The van der Waals surface area contributed by atoms with Crippen LogP contribution < -0.4 is 5.32 Å². The van der Waals surface area contributed by atoms with Crippen LogP contribution in [0.3, 0.4) is 0 Å². The molecular weight excluding hydrogens is 204 g/mol. The minimum absolute atomic E-state index is 0.0443. The minimum atomic E-state index is -0.151. The molecule has 0 spiro atoms. The van der Waals surface area contributed by atoms with Gasteiger partial charge in [-0.05, 0) is 24.3 Å². The van der Waals surface area contributed by atoms with E-state index in [4.69, 9.17) is 4.74 Å². The van der Waals surface area contributed by atoms with Gasteiger partial charge in [0.05, 0.1) is 6.61 Å². The summed E-state index contributed by atoms with van der Waals surface area (Å²) in [4.78, 5) is 13.6. The van der Waals surface area contributed by atoms with Gasteiger partial charge in [-0.2, -0.15) is 0 Å². The topological polar surface area (TPSA) is 41.6 Å². The van der Waals surface area contributed by atoms with Crippen LogP contribution in [0.2, 0.25) is 0 Å². The smallest absolute Gasteiger partial charge is 0.409 e. The van der Waals surface area contributed by atoms with E-state index in [-0.39, 0.29) is 11.5 Å². The second-order valence-electron chi connectivity index (χ2n) is 6.12. The molecule has 0 unspecified atom stereocenters. The van der Waals surface area contributed by atoms with Crippen LogP contribution >= 0.6 is 0 Å². The Balaban J connectivity index is 1.77. The van der Waals surface area contributed by atoms with Gasteiger partial charge in [0.1, 0.15) is 0 Å². The quantitative estimate of drug-likeness (QED) is 0.736. The first-order chi connectivity index (χ1) is 7.46. The predicted octanol–water partition coefficient (Wildman–Crippen LogP) is 1.46. The van der Waals surface area contributed by atoms with E-state index >= 15 is 0 Å². The SMILES string of the molecule is CC(C)(C)COC(=O)N1CC[C@H]2CN[C@H]2C1. The second-order valence-corrected chi connectivity index (χ2v) is 6.12. The van der Waals surface area contributed by atoms with E-state index in [9.17, 15) is 4.79 Å². The van der Waals surface area contributed by atoms with E-state index < -0.39 is 0 Å². The highest BCUT2D eigenvalue weighted by atomic mass is 16.6. The van der Waals surface area contributed by atoms with Gasteiger partial charge >= 0.3 is 6.09 Å². The molecule has 16 heavy (non-hydrogen) atoms. The number of fused-ring (bicyclic) bond motifs is 1. The number of carbonyl (C=O) groups is 1. The number of carbonyl (C=O) groups excluding carboxylic acids is 1. The van der Waals surface area contributed by atoms with Crippen molar-refractivity contribution in [2.24, 2.45) is 11.3 Å². The Morgan fingerprint density at radius 2 is 2.25 bits per heavy atom. The van der Waals surface area contributed by atoms with Gasteiger partial charge in [0.2, 0.25) is 0 Å². The molecule has 92 valence electrons. The van der Waals surface area contributed by atoms with E-state index in [0.29, 0.717) is 12.6 Å². The van der Waals surface area contributed by atoms with Crippen LogP contribution in [0.1, 0.15) is 27.2 Å². The van der Waals surface area contributed by atoms with Crippen molar-refractivity contribution in [3.8, 4) is 0 Å². The fraction of sp³-hybridized carbons (Fsp3) is 0.917. The fourth-order valence-electron chi connectivity index (χ4n) is 2.15. The monoisotopic (exact) mass is 226 g/mol. The average Bonchev–Trinajstić information content (AvgIpc) is 2.15. The first-order valence-electron chi connectivity index (χ1n) is 6.11. The number of likely N-dealkylation sites (tertiary alicyclic amines) is 1. The van der Waals surface area contributed by atoms with Crippen LogP contribution in [0.5, 0.6) is 0 Å². The maximum atomic E-state index is 11.8. The summed E-state index contributed by atoms with van der Waals surface area (Å²) in [5.41, 5.74) is 0.0443. The first kappa shape index (κ1) is 11.7. The molecule has 2 rings (SSSR count). The van der Waals surface area contributed by atoms with Crippen molar-refractivity contribution in [2.75, 3.05) is 26.2 Å². The molecule has 0 aliphatic carbocycles. The van der Waals surface area contributed by atoms with Crippen molar-refractivity contribution in [3.63, 3.8) is 0 Å². The molecule has 1 N–H and O–H groups in total. The number of piperidine rings is 1. The van der Waals surface area contributed by atoms with Crippen molar-refractivity contribution in [3.05, 3.63) is 0 Å². The standard InChI is InChI=1S/C12H22N2O2/c1-12(2,3)8-16-11(15)14-5-4-9-6-13-10(9)7-14/h9-10,13H,4-8H2,1-3H3/t9-,10-/m0/s1. The third-order valence-corrected chi connectivity index (χ3v) is 3.29. The van der Waals surface area contributed by atoms with Crippen molar-refractivity contribution >= 4 is 6.09 Å². The molecule has 0 saturated carbocycles. The second kappa shape index (κ2) is 4.24. The number of nitrogens with one attached hydrogen (secondary N) is 1. The number of amides is 1. The highest BCUT2D eigenvalue weighted by Crippen LogP contribution is 2.24. The van der Waals surface area contributed by atoms with Crippen LogP contribution in [0, 0.1) is 11.3 Å². The lowest BCUT2D eigenvalue weighted by molar-refractivity contribution is 0.0400. The van der Waals surface area contributed by atoms with Crippen molar-refractivity contribution in [2.45, 2.75) is 33.2 Å². The van der Waals surface area contributed by atoms with Crippen LogP contribution in [0.15, 0.2) is 0 Å². The Labute approximate surface area is 97.3 Å². The molecule has 0 aromatic carbocycles. The number of rotatable bonds is 1. The van der Waals surface area contributed by atoms with E-state index in [1.807, 2.05) is 4.90 Å². The Bertz CT molecular complexity index is 273. The maximum Gasteiger partial charge on any atom is 0.409 e. The Morgan fingerprint density at radius 1 is 1.50 bits per heavy atom. The summed E-state index contributed by atoms with van der Waals surface area (Å²) in [6, 6.07) is 0.510. The summed E-state index contributed by atoms with van der Waals surface area (Å²) >= 11 is 0. The molecule has 2 saturated heterocycles. The largest absolute Gasteiger partial charge is 0.449 e. The number of hydrogen-bond acceptors (Lipinski definition) is 3. The van der Waals surface area contributed by atoms with E-state index in [1.165, 1.54) is 0 Å². The van der Waals surface area contributed by atoms with Gasteiger partial charge in [-0.1, -0.05) is 20.8 Å². The number of ether oxygens (including phenoxy) is 1. The van der Waals surface area contributed by atoms with E-state index in [0.717, 1.165) is 32.0 Å². The summed E-state index contributed by atoms with van der Waals surface area (Å²) in [5, 5.41) is 3.36. The summed E-state index contributed by atoms with van der Waals surface area (Å²) in [5.74, 6) is 0.784. The molecule has 4 nitrogen and oxygen atoms in total. The fourth-order valence-corrected chi connectivity index (χ4v) is 2.15. The molecule has 0 aromatic heterocycles. The predicted molar refractivity (Wildman–Crippen MR) is 62.3 cm³/mol. The molecular formula is C12H22N2O2. The normalized spacial score (nSPS) is 29.3. The molecule has 2 heterocycles.